The summed E-state index contributed by atoms with van der Waals surface area (Å²) in [6, 6.07) is 6.23. The Kier molecular flexibility index (Phi) is 22.7. The van der Waals surface area contributed by atoms with Gasteiger partial charge in [0.2, 0.25) is 24.5 Å². The molecule has 0 unspecified atom stereocenters. The Hall–Kier alpha value is -9.10. The minimum absolute atomic E-state index is 0.00666. The van der Waals surface area contributed by atoms with Gasteiger partial charge in [0.25, 0.3) is 0 Å². The molecule has 2 saturated heterocycles. The number of methoxy groups -OCH3 is 2. The van der Waals surface area contributed by atoms with Crippen LogP contribution in [0.3, 0.4) is 0 Å². The van der Waals surface area contributed by atoms with Gasteiger partial charge in [0.1, 0.15) is 43.1 Å². The standard InChI is InChI=1S/C70H90N10O19S/c1-34(2)47(82)19-20-50(83)76-54(35(3)4)64(86)75-44(14-13-22-72-67(71)89)63(85)74-42-17-15-39(16-18-42)30-95-68(90)77(8)24-25-78(9)69(91)99-49-28-40-21-23-73-70(43(40)29-48(49)92-11)32-100-62-53-52(61-60(96-33-97-61)37(6)59(53)98-38(7)81)46(31-94-66(70)88)80-56(62)55-51-41(27-45(65(80)87)79(55)10)26-36(5)58(93-12)57(51)84/h15-18,26,28-29,34-35,44-46,54-56,62,65,73,84,87H,13-14,19-25,27,30-33H2,1-12H3,(H,74,85)(H,75,86)(H,76,83)(H3,71,72,89)/t44-,45-,46-,54-,55+,56+,62+,65-,70+/m0/s1. The van der Waals surface area contributed by atoms with E-state index in [0.717, 1.165) is 11.1 Å². The van der Waals surface area contributed by atoms with E-state index >= 15 is 4.79 Å². The van der Waals surface area contributed by atoms with Crippen LogP contribution in [0.15, 0.2) is 42.5 Å². The molecule has 7 heterocycles. The number of ketones is 1. The van der Waals surface area contributed by atoms with Crippen molar-refractivity contribution < 1.29 is 91.3 Å². The van der Waals surface area contributed by atoms with Crippen LogP contribution in [0, 0.1) is 25.7 Å². The number of thioether (sulfide) groups is 1. The molecule has 2 fully saturated rings. The Morgan fingerprint density at radius 1 is 0.850 bits per heavy atom. The molecule has 4 aromatic rings. The summed E-state index contributed by atoms with van der Waals surface area (Å²) >= 11 is 1.39. The highest BCUT2D eigenvalue weighted by atomic mass is 32.2. The van der Waals surface area contributed by atoms with E-state index in [-0.39, 0.29) is 118 Å². The SMILES string of the molecule is COc1cc2c(cc1OC(=O)N(C)CCN(C)C(=O)OCc1ccc(NC(=O)[C@H](CCCNC(N)=O)NC(=O)[C@@H](NC(=O)CCC(=O)C(C)C)C(C)C)cc1)CCN[C@]21CS[C@@H]2c3c(OC(C)=O)c(C)c4c(c3[C@H](COC1=O)N1[C@@H]2[C@H]2c3c(cc(C)c(OC)c3O)C[C@@H]([C@@H]1O)N2C)OCO4. The van der Waals surface area contributed by atoms with Crippen LogP contribution in [-0.4, -0.2) is 195 Å². The number of urea groups is 1. The number of phenolic OH excluding ortho intramolecular Hbond substituents is 1. The van der Waals surface area contributed by atoms with Gasteiger partial charge in [-0.1, -0.05) is 45.9 Å². The molecule has 540 valence electrons. The van der Waals surface area contributed by atoms with Crippen molar-refractivity contribution in [1.29, 1.82) is 0 Å². The molecule has 1 spiro atoms. The number of piperazine rings is 1. The zero-order valence-corrected chi connectivity index (χ0v) is 59.1. The van der Waals surface area contributed by atoms with Crippen molar-refractivity contribution in [3.63, 3.8) is 0 Å². The Morgan fingerprint density at radius 2 is 1.56 bits per heavy atom. The number of aliphatic hydroxyl groups is 1. The number of anilines is 1. The first-order valence-electron chi connectivity index (χ1n) is 33.4. The lowest BCUT2D eigenvalue weighted by molar-refractivity contribution is -0.186. The molecule has 9 atom stereocenters. The van der Waals surface area contributed by atoms with Crippen molar-refractivity contribution in [2.75, 3.05) is 86.0 Å². The quantitative estimate of drug-likeness (QED) is 0.0261. The third-order valence-electron chi connectivity index (χ3n) is 19.5. The highest BCUT2D eigenvalue weighted by Gasteiger charge is 2.62. The number of amides is 7. The van der Waals surface area contributed by atoms with Crippen LogP contribution in [0.2, 0.25) is 0 Å². The maximum atomic E-state index is 15.3. The van der Waals surface area contributed by atoms with Gasteiger partial charge >= 0.3 is 30.2 Å². The average molecular weight is 1410 g/mol. The van der Waals surface area contributed by atoms with Gasteiger partial charge in [0.15, 0.2) is 40.0 Å². The third kappa shape index (κ3) is 14.9. The molecule has 0 radical (unpaired) electrons. The largest absolute Gasteiger partial charge is 0.504 e. The van der Waals surface area contributed by atoms with Gasteiger partial charge in [-0.25, -0.2) is 19.2 Å². The van der Waals surface area contributed by atoms with E-state index in [1.807, 2.05) is 24.9 Å². The van der Waals surface area contributed by atoms with Crippen molar-refractivity contribution in [2.45, 2.75) is 147 Å². The number of rotatable bonds is 23. The fraction of sp³-hybridized carbons (Fsp3) is 0.529. The van der Waals surface area contributed by atoms with Crippen molar-refractivity contribution in [2.24, 2.45) is 17.6 Å². The first-order chi connectivity index (χ1) is 47.6. The lowest BCUT2D eigenvalue weighted by atomic mass is 9.73. The molecule has 100 heavy (non-hydrogen) atoms. The van der Waals surface area contributed by atoms with Crippen molar-refractivity contribution >= 4 is 71.1 Å². The summed E-state index contributed by atoms with van der Waals surface area (Å²) < 4.78 is 48.4. The minimum atomic E-state index is -1.56. The van der Waals surface area contributed by atoms with Crippen molar-refractivity contribution in [3.8, 4) is 40.2 Å². The maximum Gasteiger partial charge on any atom is 0.415 e. The number of carbonyl (C=O) groups is 9. The number of ether oxygens (including phenoxy) is 8. The number of primary amides is 1. The van der Waals surface area contributed by atoms with Crippen LogP contribution in [0.4, 0.5) is 20.1 Å². The van der Waals surface area contributed by atoms with Gasteiger partial charge < -0.3 is 84.9 Å². The Morgan fingerprint density at radius 3 is 2.23 bits per heavy atom. The number of benzene rings is 4. The second kappa shape index (κ2) is 30.8. The predicted molar refractivity (Wildman–Crippen MR) is 364 cm³/mol. The van der Waals surface area contributed by atoms with Crippen LogP contribution in [0.5, 0.6) is 40.2 Å². The molecule has 0 saturated carbocycles. The molecule has 7 aliphatic rings. The summed E-state index contributed by atoms with van der Waals surface area (Å²) in [5.74, 6) is -2.08. The molecule has 7 aliphatic heterocycles. The molecule has 4 aromatic carbocycles. The van der Waals surface area contributed by atoms with Crippen molar-refractivity contribution in [1.82, 2.24) is 40.9 Å². The number of likely N-dealkylation sites (N-methyl/N-ethyl adjacent to an activating group) is 3. The smallest absolute Gasteiger partial charge is 0.415 e. The molecular formula is C70H90N10O19S. The summed E-state index contributed by atoms with van der Waals surface area (Å²) in [6.45, 7) is 11.8. The van der Waals surface area contributed by atoms with E-state index in [0.29, 0.717) is 74.7 Å². The van der Waals surface area contributed by atoms with Crippen LogP contribution in [0.25, 0.3) is 0 Å². The number of fused-ring (bicyclic) bond motifs is 9. The zero-order valence-electron chi connectivity index (χ0n) is 58.3. The lowest BCUT2D eigenvalue weighted by Crippen LogP contribution is -2.70. The number of aromatic hydroxyl groups is 1. The molecule has 11 rings (SSSR count). The Labute approximate surface area is 584 Å². The van der Waals surface area contributed by atoms with E-state index in [9.17, 15) is 48.6 Å². The van der Waals surface area contributed by atoms with Crippen LogP contribution in [0.1, 0.15) is 128 Å². The van der Waals surface area contributed by atoms with Crippen LogP contribution < -0.4 is 60.7 Å². The fourth-order valence-corrected chi connectivity index (χ4v) is 15.9. The number of aliphatic hydroxyl groups excluding tert-OH is 1. The molecule has 0 aliphatic carbocycles. The number of hydrogen-bond donors (Lipinski definition) is 8. The molecule has 4 bridgehead atoms. The normalized spacial score (nSPS) is 21.6. The molecule has 30 heteroatoms. The summed E-state index contributed by atoms with van der Waals surface area (Å²) in [7, 11) is 7.84. The van der Waals surface area contributed by atoms with Gasteiger partial charge in [-0.05, 0) is 105 Å². The van der Waals surface area contributed by atoms with E-state index < -0.39 is 101 Å². The summed E-state index contributed by atoms with van der Waals surface area (Å²) in [4.78, 5) is 126. The van der Waals surface area contributed by atoms with Gasteiger partial charge in [-0.15, -0.1) is 11.8 Å². The number of phenols is 1. The number of carbonyl (C=O) groups excluding carboxylic acids is 9. The van der Waals surface area contributed by atoms with Gasteiger partial charge in [-0.3, -0.25) is 39.1 Å². The summed E-state index contributed by atoms with van der Waals surface area (Å²) in [6.07, 6.45) is -1.57. The number of nitrogens with two attached hydrogens (primary N) is 1. The number of nitrogens with one attached hydrogen (secondary N) is 5. The maximum absolute atomic E-state index is 15.3. The number of hydrogen-bond acceptors (Lipinski definition) is 23. The monoisotopic (exact) mass is 1410 g/mol. The second-order valence-electron chi connectivity index (χ2n) is 26.8. The van der Waals surface area contributed by atoms with Gasteiger partial charge in [-0.2, -0.15) is 0 Å². The number of Topliss-reactive ketones (excluding diaryl/α,β-unsaturated/α-hetero) is 1. The highest BCUT2D eigenvalue weighted by Crippen LogP contribution is 2.64. The van der Waals surface area contributed by atoms with E-state index in [1.165, 1.54) is 56.8 Å². The topological polar surface area (TPSA) is 367 Å². The predicted octanol–water partition coefficient (Wildman–Crippen LogP) is 5.42. The molecule has 29 nitrogen and oxygen atoms in total. The number of nitrogens with zero attached hydrogens (tertiary/aromatic N) is 4. The lowest BCUT2D eigenvalue weighted by Gasteiger charge is -2.62. The molecule has 7 amide bonds. The van der Waals surface area contributed by atoms with Gasteiger partial charge in [0.05, 0.1) is 37.6 Å². The summed E-state index contributed by atoms with van der Waals surface area (Å²) in [5, 5.41) is 38.6. The van der Waals surface area contributed by atoms with E-state index in [4.69, 9.17) is 43.6 Å². The molecule has 9 N–H and O–H groups in total. The minimum Gasteiger partial charge on any atom is -0.504 e. The first-order valence-corrected chi connectivity index (χ1v) is 34.5. The second-order valence-corrected chi connectivity index (χ2v) is 27.9. The number of esters is 2. The zero-order chi connectivity index (χ0) is 72.3. The Balaban J connectivity index is 0.806. The third-order valence-corrected chi connectivity index (χ3v) is 21.0. The van der Waals surface area contributed by atoms with Crippen LogP contribution in [-0.2, 0) is 63.2 Å². The molecular weight excluding hydrogens is 1320 g/mol. The molecule has 0 aromatic heterocycles. The summed E-state index contributed by atoms with van der Waals surface area (Å²) in [5.41, 5.74) is 9.63. The first kappa shape index (κ1) is 73.6. The average Bonchev–Trinajstić information content (AvgIpc) is 0.895. The Bertz CT molecular complexity index is 3850. The highest BCUT2D eigenvalue weighted by molar-refractivity contribution is 7.99. The van der Waals surface area contributed by atoms with E-state index in [2.05, 4.69) is 31.5 Å². The number of aryl methyl sites for hydroxylation is 1. The van der Waals surface area contributed by atoms with Crippen molar-refractivity contribution in [3.05, 3.63) is 92.5 Å². The van der Waals surface area contributed by atoms with Crippen LogP contribution >= 0.6 is 11.8 Å². The van der Waals surface area contributed by atoms with E-state index in [1.54, 1.807) is 71.0 Å². The van der Waals surface area contributed by atoms with Gasteiger partial charge in [0, 0.05) is 106 Å². The fourth-order valence-electron chi connectivity index (χ4n) is 14.2.